The molecule has 116 valence electrons. The molecule has 1 aromatic heterocycles. The van der Waals surface area contributed by atoms with Crippen LogP contribution in [0.1, 0.15) is 33.6 Å². The van der Waals surface area contributed by atoms with Crippen molar-refractivity contribution >= 4 is 0 Å². The summed E-state index contributed by atoms with van der Waals surface area (Å²) in [5.41, 5.74) is 0. The van der Waals surface area contributed by atoms with Crippen LogP contribution in [0.5, 0.6) is 0 Å². The van der Waals surface area contributed by atoms with Crippen LogP contribution in [0.25, 0.3) is 0 Å². The Labute approximate surface area is 122 Å². The van der Waals surface area contributed by atoms with Gasteiger partial charge in [0.1, 0.15) is 0 Å². The molecule has 1 rings (SSSR count). The van der Waals surface area contributed by atoms with Gasteiger partial charge in [0.25, 0.3) is 0 Å². The summed E-state index contributed by atoms with van der Waals surface area (Å²) in [5, 5.41) is 17.3. The Balaban J connectivity index is 2.00. The first-order valence-electron chi connectivity index (χ1n) is 7.54. The Morgan fingerprint density at radius 3 is 2.80 bits per heavy atom. The fraction of sp³-hybridized carbons (Fsp3) is 0.800. The molecule has 1 heterocycles. The summed E-state index contributed by atoms with van der Waals surface area (Å²) in [6, 6.07) is 2.18. The number of hydrogen-bond acceptors (Lipinski definition) is 4. The molecule has 0 spiro atoms. The van der Waals surface area contributed by atoms with Crippen molar-refractivity contribution in [3.05, 3.63) is 18.5 Å². The van der Waals surface area contributed by atoms with Crippen molar-refractivity contribution in [2.45, 2.75) is 52.3 Å². The molecule has 0 aliphatic rings. The van der Waals surface area contributed by atoms with Crippen molar-refractivity contribution in [2.24, 2.45) is 5.92 Å². The molecule has 0 radical (unpaired) electrons. The summed E-state index contributed by atoms with van der Waals surface area (Å²) in [4.78, 5) is 0. The van der Waals surface area contributed by atoms with Gasteiger partial charge in [-0.25, -0.2) is 0 Å². The van der Waals surface area contributed by atoms with Gasteiger partial charge < -0.3 is 15.2 Å². The average molecular weight is 283 g/mol. The summed E-state index contributed by atoms with van der Waals surface area (Å²) in [7, 11) is 0. The van der Waals surface area contributed by atoms with Crippen molar-refractivity contribution in [1.82, 2.24) is 15.1 Å². The van der Waals surface area contributed by atoms with Crippen molar-refractivity contribution in [3.8, 4) is 0 Å². The predicted octanol–water partition coefficient (Wildman–Crippen LogP) is 1.67. The highest BCUT2D eigenvalue weighted by Crippen LogP contribution is 2.03. The van der Waals surface area contributed by atoms with Crippen LogP contribution in [0.2, 0.25) is 0 Å². The summed E-state index contributed by atoms with van der Waals surface area (Å²) in [6.07, 6.45) is 5.50. The maximum absolute atomic E-state index is 9.82. The first-order valence-corrected chi connectivity index (χ1v) is 7.54. The zero-order valence-electron chi connectivity index (χ0n) is 13.0. The summed E-state index contributed by atoms with van der Waals surface area (Å²) in [6.45, 7) is 8.98. The standard InChI is InChI=1S/C15H29N3O2/c1-13(2)6-4-9-20-12-15(19)10-16-14(3)11-18-8-5-7-17-18/h5,7-8,13-16,19H,4,6,9-12H2,1-3H3. The molecule has 5 heteroatoms. The number of aliphatic hydroxyl groups excluding tert-OH is 1. The van der Waals surface area contributed by atoms with E-state index in [1.165, 1.54) is 6.42 Å². The molecular weight excluding hydrogens is 254 g/mol. The third-order valence-corrected chi connectivity index (χ3v) is 3.10. The molecule has 0 bridgehead atoms. The highest BCUT2D eigenvalue weighted by molar-refractivity contribution is 4.79. The van der Waals surface area contributed by atoms with E-state index in [4.69, 9.17) is 4.74 Å². The predicted molar refractivity (Wildman–Crippen MR) is 80.6 cm³/mol. The minimum Gasteiger partial charge on any atom is -0.389 e. The van der Waals surface area contributed by atoms with E-state index in [0.29, 0.717) is 19.1 Å². The fourth-order valence-electron chi connectivity index (χ4n) is 1.96. The largest absolute Gasteiger partial charge is 0.389 e. The quantitative estimate of drug-likeness (QED) is 0.607. The van der Waals surface area contributed by atoms with Crippen molar-refractivity contribution in [1.29, 1.82) is 0 Å². The zero-order chi connectivity index (χ0) is 14.8. The molecule has 2 N–H and O–H groups in total. The SMILES string of the molecule is CC(C)CCCOCC(O)CNC(C)Cn1cccn1. The lowest BCUT2D eigenvalue weighted by Crippen LogP contribution is -2.38. The molecule has 2 unspecified atom stereocenters. The molecular formula is C15H29N3O2. The van der Waals surface area contributed by atoms with Crippen LogP contribution in [0, 0.1) is 5.92 Å². The van der Waals surface area contributed by atoms with E-state index < -0.39 is 6.10 Å². The van der Waals surface area contributed by atoms with Gasteiger partial charge in [-0.3, -0.25) is 4.68 Å². The van der Waals surface area contributed by atoms with Crippen LogP contribution in [0.15, 0.2) is 18.5 Å². The second-order valence-corrected chi connectivity index (χ2v) is 5.80. The maximum atomic E-state index is 9.82. The number of nitrogens with one attached hydrogen (secondary N) is 1. The van der Waals surface area contributed by atoms with Crippen LogP contribution in [-0.4, -0.2) is 46.8 Å². The van der Waals surface area contributed by atoms with Gasteiger partial charge in [-0.15, -0.1) is 0 Å². The molecule has 1 aromatic rings. The average Bonchev–Trinajstić information content (AvgIpc) is 2.88. The molecule has 0 saturated heterocycles. The molecule has 20 heavy (non-hydrogen) atoms. The number of ether oxygens (including phenoxy) is 1. The molecule has 0 amide bonds. The van der Waals surface area contributed by atoms with Gasteiger partial charge in [0, 0.05) is 31.6 Å². The Hall–Kier alpha value is -0.910. The monoisotopic (exact) mass is 283 g/mol. The van der Waals surface area contributed by atoms with E-state index in [-0.39, 0.29) is 6.04 Å². The molecule has 5 nitrogen and oxygen atoms in total. The van der Waals surface area contributed by atoms with E-state index >= 15 is 0 Å². The van der Waals surface area contributed by atoms with Crippen LogP contribution in [0.3, 0.4) is 0 Å². The van der Waals surface area contributed by atoms with Gasteiger partial charge in [-0.2, -0.15) is 5.10 Å². The molecule has 2 atom stereocenters. The number of aromatic nitrogens is 2. The fourth-order valence-corrected chi connectivity index (χ4v) is 1.96. The summed E-state index contributed by atoms with van der Waals surface area (Å²) < 4.78 is 7.36. The van der Waals surface area contributed by atoms with E-state index in [2.05, 4.69) is 31.2 Å². The second kappa shape index (κ2) is 9.91. The van der Waals surface area contributed by atoms with Crippen LogP contribution < -0.4 is 5.32 Å². The Morgan fingerprint density at radius 2 is 2.15 bits per heavy atom. The van der Waals surface area contributed by atoms with Gasteiger partial charge in [0.05, 0.1) is 19.3 Å². The summed E-state index contributed by atoms with van der Waals surface area (Å²) >= 11 is 0. The van der Waals surface area contributed by atoms with Gasteiger partial charge in [0.2, 0.25) is 0 Å². The minimum atomic E-state index is -0.450. The third-order valence-electron chi connectivity index (χ3n) is 3.10. The van der Waals surface area contributed by atoms with E-state index in [9.17, 15) is 5.11 Å². The van der Waals surface area contributed by atoms with Crippen LogP contribution >= 0.6 is 0 Å². The number of aliphatic hydroxyl groups is 1. The highest BCUT2D eigenvalue weighted by Gasteiger charge is 2.08. The van der Waals surface area contributed by atoms with Gasteiger partial charge in [0.15, 0.2) is 0 Å². The first kappa shape index (κ1) is 17.1. The molecule has 0 saturated carbocycles. The van der Waals surface area contributed by atoms with Crippen molar-refractivity contribution < 1.29 is 9.84 Å². The lowest BCUT2D eigenvalue weighted by Gasteiger charge is -2.17. The van der Waals surface area contributed by atoms with Crippen LogP contribution in [-0.2, 0) is 11.3 Å². The molecule has 0 fully saturated rings. The van der Waals surface area contributed by atoms with Crippen molar-refractivity contribution in [3.63, 3.8) is 0 Å². The lowest BCUT2D eigenvalue weighted by atomic mass is 10.1. The smallest absolute Gasteiger partial charge is 0.0897 e. The third kappa shape index (κ3) is 8.30. The normalized spacial score (nSPS) is 14.7. The minimum absolute atomic E-state index is 0.269. The van der Waals surface area contributed by atoms with Gasteiger partial charge in [-0.05, 0) is 31.7 Å². The molecule has 0 aromatic carbocycles. The lowest BCUT2D eigenvalue weighted by molar-refractivity contribution is 0.0334. The number of rotatable bonds is 11. The van der Waals surface area contributed by atoms with Crippen LogP contribution in [0.4, 0.5) is 0 Å². The van der Waals surface area contributed by atoms with Gasteiger partial charge in [-0.1, -0.05) is 13.8 Å². The molecule has 0 aliphatic carbocycles. The topological polar surface area (TPSA) is 59.3 Å². The first-order chi connectivity index (χ1) is 9.58. The number of hydrogen-bond donors (Lipinski definition) is 2. The van der Waals surface area contributed by atoms with Gasteiger partial charge >= 0.3 is 0 Å². The maximum Gasteiger partial charge on any atom is 0.0897 e. The van der Waals surface area contributed by atoms with E-state index in [1.807, 2.05) is 16.9 Å². The van der Waals surface area contributed by atoms with E-state index in [1.54, 1.807) is 6.20 Å². The highest BCUT2D eigenvalue weighted by atomic mass is 16.5. The van der Waals surface area contributed by atoms with E-state index in [0.717, 1.165) is 19.6 Å². The second-order valence-electron chi connectivity index (χ2n) is 5.80. The Bertz CT molecular complexity index is 328. The number of nitrogens with zero attached hydrogens (tertiary/aromatic N) is 2. The zero-order valence-corrected chi connectivity index (χ0v) is 13.0. The van der Waals surface area contributed by atoms with Crippen molar-refractivity contribution in [2.75, 3.05) is 19.8 Å². The summed E-state index contributed by atoms with van der Waals surface area (Å²) in [5.74, 6) is 0.716. The molecule has 0 aliphatic heterocycles. The Morgan fingerprint density at radius 1 is 1.35 bits per heavy atom. The Kier molecular flexibility index (Phi) is 8.49.